The summed E-state index contributed by atoms with van der Waals surface area (Å²) < 4.78 is 45.1. The van der Waals surface area contributed by atoms with Gasteiger partial charge in [-0.05, 0) is 34.9 Å². The van der Waals surface area contributed by atoms with Gasteiger partial charge in [0.05, 0.1) is 12.3 Å². The first-order valence-corrected chi connectivity index (χ1v) is 12.4. The van der Waals surface area contributed by atoms with Crippen molar-refractivity contribution >= 4 is 33.8 Å². The number of benzene rings is 2. The van der Waals surface area contributed by atoms with E-state index in [4.69, 9.17) is 0 Å². The quantitative estimate of drug-likeness (QED) is 0.564. The molecule has 2 heterocycles. The lowest BCUT2D eigenvalue weighted by atomic mass is 10.0. The van der Waals surface area contributed by atoms with Crippen LogP contribution in [0.5, 0.6) is 0 Å². The molecule has 2 aliphatic rings. The second-order valence-corrected chi connectivity index (χ2v) is 8.95. The number of piperazine rings is 1. The predicted octanol–water partition coefficient (Wildman–Crippen LogP) is 5.11. The van der Waals surface area contributed by atoms with Gasteiger partial charge in [0, 0.05) is 49.4 Å². The van der Waals surface area contributed by atoms with Crippen molar-refractivity contribution in [3.8, 4) is 0 Å². The Morgan fingerprint density at radius 3 is 2.39 bits per heavy atom. The molecule has 0 saturated carbocycles. The number of nitrogens with one attached hydrogen (secondary N) is 1. The molecule has 5 nitrogen and oxygen atoms in total. The minimum atomic E-state index is -2.65. The standard InChI is InChI=1S/C22H24F3N5S.C2H6/c1-31(29-11-9-26-10-12-29)30(18-5-3-2-4-6-18)15-17-8-7-16(13-19(17)23)20-14-21(22(24)25)28-27-20;1-2/h2-8,13,22,26H,1,9-12,14-15H2;1-2H3. The minimum Gasteiger partial charge on any atom is -0.314 e. The summed E-state index contributed by atoms with van der Waals surface area (Å²) in [6.07, 6.45) is -2.71. The topological polar surface area (TPSA) is 43.2 Å². The summed E-state index contributed by atoms with van der Waals surface area (Å²) in [6, 6.07) is 14.6. The van der Waals surface area contributed by atoms with E-state index in [0.717, 1.165) is 31.9 Å². The lowest BCUT2D eigenvalue weighted by Gasteiger charge is -2.37. The van der Waals surface area contributed by atoms with Gasteiger partial charge in [-0.1, -0.05) is 44.2 Å². The Labute approximate surface area is 196 Å². The zero-order chi connectivity index (χ0) is 23.8. The van der Waals surface area contributed by atoms with Gasteiger partial charge < -0.3 is 9.62 Å². The number of rotatable bonds is 7. The number of hydrogen-bond acceptors (Lipinski definition) is 5. The van der Waals surface area contributed by atoms with E-state index in [1.165, 1.54) is 6.07 Å². The van der Waals surface area contributed by atoms with Crippen LogP contribution in [0.15, 0.2) is 58.7 Å². The van der Waals surface area contributed by atoms with Gasteiger partial charge in [-0.15, -0.1) is 0 Å². The third-order valence-electron chi connectivity index (χ3n) is 5.27. The van der Waals surface area contributed by atoms with Gasteiger partial charge in [-0.3, -0.25) is 0 Å². The monoisotopic (exact) mass is 477 g/mol. The lowest BCUT2D eigenvalue weighted by molar-refractivity contribution is 0.224. The highest BCUT2D eigenvalue weighted by Crippen LogP contribution is 2.32. The van der Waals surface area contributed by atoms with Crippen LogP contribution in [0.2, 0.25) is 0 Å². The molecule has 1 N–H and O–H groups in total. The van der Waals surface area contributed by atoms with Crippen molar-refractivity contribution in [1.82, 2.24) is 9.62 Å². The van der Waals surface area contributed by atoms with Crippen LogP contribution in [0.4, 0.5) is 18.9 Å². The molecule has 0 bridgehead atoms. The molecule has 2 aliphatic heterocycles. The van der Waals surface area contributed by atoms with E-state index < -0.39 is 23.1 Å². The number of hydrogen-bond donors (Lipinski definition) is 1. The minimum absolute atomic E-state index is 0.0576. The van der Waals surface area contributed by atoms with Gasteiger partial charge in [0.25, 0.3) is 6.43 Å². The van der Waals surface area contributed by atoms with E-state index in [-0.39, 0.29) is 12.1 Å². The molecule has 0 radical (unpaired) electrons. The number of anilines is 1. The molecule has 33 heavy (non-hydrogen) atoms. The molecule has 0 aromatic heterocycles. The van der Waals surface area contributed by atoms with E-state index in [9.17, 15) is 8.78 Å². The smallest absolute Gasteiger partial charge is 0.278 e. The third-order valence-corrected chi connectivity index (χ3v) is 7.08. The summed E-state index contributed by atoms with van der Waals surface area (Å²) in [5, 5.41) is 10.7. The number of alkyl halides is 2. The Bertz CT molecular complexity index is 1000. The first-order chi connectivity index (χ1) is 16.0. The van der Waals surface area contributed by atoms with E-state index in [1.807, 2.05) is 44.2 Å². The Hall–Kier alpha value is -2.49. The molecule has 0 amide bonds. The molecule has 1 fully saturated rings. The van der Waals surface area contributed by atoms with Crippen LogP contribution in [0.3, 0.4) is 0 Å². The Morgan fingerprint density at radius 1 is 1.09 bits per heavy atom. The molecule has 4 rings (SSSR count). The van der Waals surface area contributed by atoms with Crippen LogP contribution < -0.4 is 9.62 Å². The van der Waals surface area contributed by atoms with Crippen molar-refractivity contribution in [1.29, 1.82) is 0 Å². The molecule has 2 aromatic carbocycles. The highest BCUT2D eigenvalue weighted by Gasteiger charge is 2.23. The van der Waals surface area contributed by atoms with Crippen molar-refractivity contribution in [3.63, 3.8) is 0 Å². The summed E-state index contributed by atoms with van der Waals surface area (Å²) in [4.78, 5) is 0. The average molecular weight is 478 g/mol. The average Bonchev–Trinajstić information content (AvgIpc) is 3.36. The SMILES string of the molecule is C=S(N1CCNCC1)N(Cc1ccc(C2=NN=C(C(F)F)C2)cc1F)c1ccccc1.CC. The summed E-state index contributed by atoms with van der Waals surface area (Å²) in [7, 11) is -0.487. The number of halogens is 3. The highest BCUT2D eigenvalue weighted by atomic mass is 32.2. The van der Waals surface area contributed by atoms with Crippen molar-refractivity contribution in [3.05, 3.63) is 65.5 Å². The zero-order valence-electron chi connectivity index (χ0n) is 19.0. The molecule has 1 saturated heterocycles. The van der Waals surface area contributed by atoms with Gasteiger partial charge in [0.1, 0.15) is 11.5 Å². The number of para-hydroxylation sites is 1. The van der Waals surface area contributed by atoms with Gasteiger partial charge in [-0.2, -0.15) is 10.2 Å². The molecular weight excluding hydrogens is 447 g/mol. The van der Waals surface area contributed by atoms with Crippen molar-refractivity contribution < 1.29 is 13.2 Å². The molecule has 2 aromatic rings. The molecule has 0 aliphatic carbocycles. The van der Waals surface area contributed by atoms with Crippen LogP contribution in [0.25, 0.3) is 0 Å². The predicted molar refractivity (Wildman–Crippen MR) is 134 cm³/mol. The maximum absolute atomic E-state index is 15.0. The first kappa shape index (κ1) is 25.1. The third kappa shape index (κ3) is 6.31. The fraction of sp³-hybridized carbons (Fsp3) is 0.375. The Balaban J connectivity index is 0.00000149. The van der Waals surface area contributed by atoms with E-state index in [2.05, 4.69) is 30.0 Å². The number of nitrogens with zero attached hydrogens (tertiary/aromatic N) is 4. The van der Waals surface area contributed by atoms with Crippen LogP contribution in [0, 0.1) is 5.82 Å². The Kier molecular flexibility index (Phi) is 9.22. The van der Waals surface area contributed by atoms with Crippen LogP contribution in [0.1, 0.15) is 31.4 Å². The van der Waals surface area contributed by atoms with Crippen molar-refractivity contribution in [2.24, 2.45) is 10.2 Å². The first-order valence-electron chi connectivity index (χ1n) is 11.1. The fourth-order valence-electron chi connectivity index (χ4n) is 3.53. The second-order valence-electron chi connectivity index (χ2n) is 7.31. The summed E-state index contributed by atoms with van der Waals surface area (Å²) >= 11 is 0. The summed E-state index contributed by atoms with van der Waals surface area (Å²) in [6.45, 7) is 7.90. The van der Waals surface area contributed by atoms with Crippen LogP contribution in [-0.2, 0) is 6.54 Å². The molecule has 1 unspecified atom stereocenters. The fourth-order valence-corrected chi connectivity index (χ4v) is 5.07. The molecule has 178 valence electrons. The van der Waals surface area contributed by atoms with Crippen molar-refractivity contribution in [2.45, 2.75) is 33.2 Å². The molecule has 9 heteroatoms. The van der Waals surface area contributed by atoms with E-state index in [0.29, 0.717) is 23.4 Å². The van der Waals surface area contributed by atoms with E-state index in [1.54, 1.807) is 12.1 Å². The lowest BCUT2D eigenvalue weighted by Crippen LogP contribution is -2.43. The second kappa shape index (κ2) is 12.1. The Morgan fingerprint density at radius 2 is 1.79 bits per heavy atom. The van der Waals surface area contributed by atoms with Gasteiger partial charge >= 0.3 is 0 Å². The van der Waals surface area contributed by atoms with Crippen LogP contribution in [-0.4, -0.2) is 54.2 Å². The molecule has 1 atom stereocenters. The molecular formula is C24H30F3N5S. The maximum Gasteiger partial charge on any atom is 0.278 e. The van der Waals surface area contributed by atoms with Crippen LogP contribution >= 0.6 is 10.9 Å². The highest BCUT2D eigenvalue weighted by molar-refractivity contribution is 8.13. The maximum atomic E-state index is 15.0. The van der Waals surface area contributed by atoms with Gasteiger partial charge in [-0.25, -0.2) is 17.5 Å². The van der Waals surface area contributed by atoms with Gasteiger partial charge in [0.15, 0.2) is 0 Å². The van der Waals surface area contributed by atoms with Crippen molar-refractivity contribution in [2.75, 3.05) is 30.5 Å². The normalized spacial score (nSPS) is 17.2. The zero-order valence-corrected chi connectivity index (χ0v) is 19.8. The molecule has 0 spiro atoms. The largest absolute Gasteiger partial charge is 0.314 e. The summed E-state index contributed by atoms with van der Waals surface area (Å²) in [5.41, 5.74) is 2.03. The van der Waals surface area contributed by atoms with Gasteiger partial charge in [0.2, 0.25) is 0 Å². The van der Waals surface area contributed by atoms with E-state index >= 15 is 4.39 Å². The summed E-state index contributed by atoms with van der Waals surface area (Å²) in [5.74, 6) is 3.99.